The van der Waals surface area contributed by atoms with Crippen LogP contribution in [-0.2, 0) is 30.2 Å². The molecular formula is C26H42N2O6. The second-order valence-electron chi connectivity index (χ2n) is 11.5. The maximum atomic E-state index is 13.0. The van der Waals surface area contributed by atoms with Crippen molar-refractivity contribution in [2.24, 2.45) is 5.92 Å². The van der Waals surface area contributed by atoms with Crippen molar-refractivity contribution in [2.75, 3.05) is 5.73 Å². The Balaban J connectivity index is 3.07. The van der Waals surface area contributed by atoms with Gasteiger partial charge in [0.2, 0.25) is 0 Å². The molecule has 0 aliphatic heterocycles. The first kappa shape index (κ1) is 29.3. The average Bonchev–Trinajstić information content (AvgIpc) is 2.61. The Labute approximate surface area is 203 Å². The van der Waals surface area contributed by atoms with E-state index < -0.39 is 40.8 Å². The van der Waals surface area contributed by atoms with Gasteiger partial charge in [-0.3, -0.25) is 4.79 Å². The number of hydrogen-bond donors (Lipinski definition) is 2. The molecule has 1 aromatic rings. The molecule has 1 unspecified atom stereocenters. The number of hydrogen-bond acceptors (Lipinski definition) is 7. The number of nitrogens with one attached hydrogen (secondary N) is 1. The Morgan fingerprint density at radius 3 is 1.71 bits per heavy atom. The molecule has 0 bridgehead atoms. The lowest BCUT2D eigenvalue weighted by atomic mass is 9.92. The van der Waals surface area contributed by atoms with E-state index in [1.165, 1.54) is 0 Å². The average molecular weight is 479 g/mol. The van der Waals surface area contributed by atoms with Gasteiger partial charge in [0.1, 0.15) is 22.8 Å². The summed E-state index contributed by atoms with van der Waals surface area (Å²) < 4.78 is 16.4. The molecule has 1 amide bonds. The molecule has 8 heteroatoms. The summed E-state index contributed by atoms with van der Waals surface area (Å²) in [6.07, 6.45) is 0.144. The third-order valence-electron chi connectivity index (χ3n) is 4.39. The van der Waals surface area contributed by atoms with Crippen LogP contribution in [0.4, 0.5) is 10.5 Å². The minimum atomic E-state index is -0.981. The molecule has 0 aliphatic carbocycles. The molecule has 192 valence electrons. The maximum absolute atomic E-state index is 13.0. The number of esters is 2. The molecule has 8 nitrogen and oxygen atoms in total. The fourth-order valence-corrected chi connectivity index (χ4v) is 3.07. The molecule has 0 spiro atoms. The molecule has 0 saturated carbocycles. The number of benzene rings is 1. The normalized spacial score (nSPS) is 14.0. The van der Waals surface area contributed by atoms with Crippen LogP contribution < -0.4 is 11.1 Å². The van der Waals surface area contributed by atoms with Crippen molar-refractivity contribution < 1.29 is 28.6 Å². The third kappa shape index (κ3) is 12.5. The van der Waals surface area contributed by atoms with E-state index in [0.29, 0.717) is 18.5 Å². The Morgan fingerprint density at radius 2 is 1.24 bits per heavy atom. The zero-order valence-corrected chi connectivity index (χ0v) is 22.1. The van der Waals surface area contributed by atoms with Crippen LogP contribution in [0.25, 0.3) is 0 Å². The van der Waals surface area contributed by atoms with Crippen LogP contribution in [0.15, 0.2) is 24.3 Å². The highest BCUT2D eigenvalue weighted by Gasteiger charge is 2.32. The number of nitrogen functional groups attached to an aromatic ring is 1. The standard InChI is InChI=1S/C26H42N2O6/c1-24(2,3)32-21(29)18(16-17-10-13-19(27)14-11-17)12-15-20(22(30)33-25(4,5)6)28-23(31)34-26(7,8)9/h10-11,13-14,18,20H,12,15-16,27H2,1-9H3,(H,28,31)/t18?,20-/m0/s1. The van der Waals surface area contributed by atoms with Gasteiger partial charge in [0, 0.05) is 5.69 Å². The van der Waals surface area contributed by atoms with Gasteiger partial charge in [-0.15, -0.1) is 0 Å². The van der Waals surface area contributed by atoms with E-state index in [2.05, 4.69) is 5.32 Å². The topological polar surface area (TPSA) is 117 Å². The first-order valence-electron chi connectivity index (χ1n) is 11.6. The van der Waals surface area contributed by atoms with Crippen molar-refractivity contribution in [1.29, 1.82) is 0 Å². The van der Waals surface area contributed by atoms with E-state index in [1.54, 1.807) is 74.4 Å². The van der Waals surface area contributed by atoms with Gasteiger partial charge < -0.3 is 25.3 Å². The predicted octanol–water partition coefficient (Wildman–Crippen LogP) is 4.78. The van der Waals surface area contributed by atoms with Gasteiger partial charge in [-0.1, -0.05) is 12.1 Å². The molecule has 0 aromatic heterocycles. The highest BCUT2D eigenvalue weighted by Crippen LogP contribution is 2.22. The molecule has 34 heavy (non-hydrogen) atoms. The lowest BCUT2D eigenvalue weighted by molar-refractivity contribution is -0.162. The Morgan fingerprint density at radius 1 is 0.765 bits per heavy atom. The highest BCUT2D eigenvalue weighted by atomic mass is 16.6. The second kappa shape index (κ2) is 11.6. The minimum absolute atomic E-state index is 0.174. The van der Waals surface area contributed by atoms with Crippen LogP contribution in [0, 0.1) is 5.92 Å². The Hall–Kier alpha value is -2.77. The molecule has 3 N–H and O–H groups in total. The molecule has 0 heterocycles. The Bertz CT molecular complexity index is 829. The van der Waals surface area contributed by atoms with Crippen molar-refractivity contribution in [3.63, 3.8) is 0 Å². The van der Waals surface area contributed by atoms with Crippen molar-refractivity contribution >= 4 is 23.7 Å². The lowest BCUT2D eigenvalue weighted by Crippen LogP contribution is -2.46. The van der Waals surface area contributed by atoms with Crippen molar-refractivity contribution in [3.8, 4) is 0 Å². The van der Waals surface area contributed by atoms with Gasteiger partial charge >= 0.3 is 18.0 Å². The summed E-state index contributed by atoms with van der Waals surface area (Å²) >= 11 is 0. The summed E-state index contributed by atoms with van der Waals surface area (Å²) in [5.74, 6) is -1.49. The smallest absolute Gasteiger partial charge is 0.408 e. The van der Waals surface area contributed by atoms with Crippen LogP contribution in [0.5, 0.6) is 0 Å². The first-order valence-corrected chi connectivity index (χ1v) is 11.6. The zero-order chi connectivity index (χ0) is 26.3. The predicted molar refractivity (Wildman–Crippen MR) is 132 cm³/mol. The molecule has 1 rings (SSSR count). The van der Waals surface area contributed by atoms with Gasteiger partial charge in [-0.05, 0) is 99.3 Å². The number of carbonyl (C=O) groups is 3. The summed E-state index contributed by atoms with van der Waals surface area (Å²) in [5.41, 5.74) is 5.20. The molecule has 0 fully saturated rings. The van der Waals surface area contributed by atoms with Crippen LogP contribution in [0.2, 0.25) is 0 Å². The van der Waals surface area contributed by atoms with Gasteiger partial charge in [-0.25, -0.2) is 9.59 Å². The number of alkyl carbamates (subject to hydrolysis) is 1. The van der Waals surface area contributed by atoms with E-state index >= 15 is 0 Å². The van der Waals surface area contributed by atoms with Crippen molar-refractivity contribution in [1.82, 2.24) is 5.32 Å². The van der Waals surface area contributed by atoms with Gasteiger partial charge in [0.25, 0.3) is 0 Å². The van der Waals surface area contributed by atoms with Gasteiger partial charge in [0.05, 0.1) is 5.92 Å². The summed E-state index contributed by atoms with van der Waals surface area (Å²) in [4.78, 5) is 38.2. The first-order chi connectivity index (χ1) is 15.3. The van der Waals surface area contributed by atoms with Crippen LogP contribution in [0.3, 0.4) is 0 Å². The van der Waals surface area contributed by atoms with Crippen LogP contribution in [-0.4, -0.2) is 40.9 Å². The minimum Gasteiger partial charge on any atom is -0.460 e. The molecular weight excluding hydrogens is 436 g/mol. The fraction of sp³-hybridized carbons (Fsp3) is 0.654. The zero-order valence-electron chi connectivity index (χ0n) is 22.1. The number of ether oxygens (including phenoxy) is 3. The van der Waals surface area contributed by atoms with E-state index in [9.17, 15) is 14.4 Å². The fourth-order valence-electron chi connectivity index (χ4n) is 3.07. The molecule has 0 aliphatic rings. The van der Waals surface area contributed by atoms with Gasteiger partial charge in [0.15, 0.2) is 0 Å². The van der Waals surface area contributed by atoms with E-state index in [0.717, 1.165) is 5.56 Å². The monoisotopic (exact) mass is 478 g/mol. The SMILES string of the molecule is CC(C)(C)OC(=O)N[C@@H](CCC(Cc1ccc(N)cc1)C(=O)OC(C)(C)C)C(=O)OC(C)(C)C. The number of nitrogens with two attached hydrogens (primary N) is 1. The highest BCUT2D eigenvalue weighted by molar-refractivity contribution is 5.82. The molecule has 0 radical (unpaired) electrons. The summed E-state index contributed by atoms with van der Waals surface area (Å²) in [6, 6.07) is 6.28. The summed E-state index contributed by atoms with van der Waals surface area (Å²) in [7, 11) is 0. The van der Waals surface area contributed by atoms with Crippen molar-refractivity contribution in [2.45, 2.75) is 104 Å². The molecule has 0 saturated heterocycles. The largest absolute Gasteiger partial charge is 0.460 e. The third-order valence-corrected chi connectivity index (χ3v) is 4.39. The molecule has 1 aromatic carbocycles. The summed E-state index contributed by atoms with van der Waals surface area (Å²) in [5, 5.41) is 2.61. The second-order valence-corrected chi connectivity index (χ2v) is 11.5. The number of anilines is 1. The van der Waals surface area contributed by atoms with Crippen LogP contribution >= 0.6 is 0 Å². The van der Waals surface area contributed by atoms with E-state index in [4.69, 9.17) is 19.9 Å². The van der Waals surface area contributed by atoms with Gasteiger partial charge in [-0.2, -0.15) is 0 Å². The summed E-state index contributed by atoms with van der Waals surface area (Å²) in [6.45, 7) is 15.9. The number of carbonyl (C=O) groups excluding carboxylic acids is 3. The molecule has 2 atom stereocenters. The Kier molecular flexibility index (Phi) is 9.97. The number of amides is 1. The lowest BCUT2D eigenvalue weighted by Gasteiger charge is -2.28. The maximum Gasteiger partial charge on any atom is 0.408 e. The quantitative estimate of drug-likeness (QED) is 0.313. The number of rotatable bonds is 8. The van der Waals surface area contributed by atoms with E-state index in [1.807, 2.05) is 12.1 Å². The van der Waals surface area contributed by atoms with Crippen molar-refractivity contribution in [3.05, 3.63) is 29.8 Å². The van der Waals surface area contributed by atoms with Crippen LogP contribution in [0.1, 0.15) is 80.7 Å². The van der Waals surface area contributed by atoms with E-state index in [-0.39, 0.29) is 12.4 Å².